The molecule has 0 aliphatic rings. The van der Waals surface area contributed by atoms with Crippen LogP contribution in [0.4, 0.5) is 11.5 Å². The molecule has 0 aliphatic heterocycles. The molecule has 3 rings (SSSR count). The molecule has 0 spiro atoms. The molecule has 0 saturated heterocycles. The van der Waals surface area contributed by atoms with Crippen LogP contribution in [-0.2, 0) is 0 Å². The number of halogens is 2. The molecule has 3 nitrogen and oxygen atoms in total. The molecule has 2 aromatic carbocycles. The van der Waals surface area contributed by atoms with Crippen molar-refractivity contribution in [3.63, 3.8) is 0 Å². The summed E-state index contributed by atoms with van der Waals surface area (Å²) in [6.07, 6.45) is 3.15. The molecular weight excluding hydrogens is 326 g/mol. The van der Waals surface area contributed by atoms with Crippen LogP contribution >= 0.6 is 27.5 Å². The van der Waals surface area contributed by atoms with E-state index in [0.717, 1.165) is 20.9 Å². The molecule has 0 bridgehead atoms. The summed E-state index contributed by atoms with van der Waals surface area (Å²) in [5.74, 6) is 0.625. The number of hydrogen-bond acceptors (Lipinski definition) is 3. The van der Waals surface area contributed by atoms with Crippen molar-refractivity contribution in [3.05, 3.63) is 58.4 Å². The fourth-order valence-corrected chi connectivity index (χ4v) is 2.54. The predicted octanol–water partition coefficient (Wildman–Crippen LogP) is 4.79. The van der Waals surface area contributed by atoms with Gasteiger partial charge in [-0.05, 0) is 17.5 Å². The first-order valence-electron chi connectivity index (χ1n) is 5.66. The molecule has 0 atom stereocenters. The summed E-state index contributed by atoms with van der Waals surface area (Å²) in [6, 6.07) is 12.1. The van der Waals surface area contributed by atoms with E-state index in [2.05, 4.69) is 43.3 Å². The van der Waals surface area contributed by atoms with Gasteiger partial charge < -0.3 is 5.32 Å². The number of benzene rings is 2. The molecule has 3 aromatic rings. The van der Waals surface area contributed by atoms with Gasteiger partial charge in [0.15, 0.2) is 5.82 Å². The van der Waals surface area contributed by atoms with Crippen LogP contribution in [-0.4, -0.2) is 9.97 Å². The maximum Gasteiger partial charge on any atom is 0.150 e. The van der Waals surface area contributed by atoms with Gasteiger partial charge >= 0.3 is 0 Å². The molecule has 0 saturated carbocycles. The van der Waals surface area contributed by atoms with Gasteiger partial charge in [-0.25, -0.2) is 4.98 Å². The van der Waals surface area contributed by atoms with Gasteiger partial charge in [0, 0.05) is 15.5 Å². The van der Waals surface area contributed by atoms with Crippen molar-refractivity contribution < 1.29 is 0 Å². The summed E-state index contributed by atoms with van der Waals surface area (Å²) in [7, 11) is 0. The Bertz CT molecular complexity index is 746. The Balaban J connectivity index is 2.09. The highest BCUT2D eigenvalue weighted by Crippen LogP contribution is 2.31. The monoisotopic (exact) mass is 333 g/mol. The minimum absolute atomic E-state index is 0.367. The second kappa shape index (κ2) is 5.15. The maximum atomic E-state index is 5.83. The van der Waals surface area contributed by atoms with Gasteiger partial charge in [0.05, 0.1) is 12.4 Å². The first-order chi connectivity index (χ1) is 9.24. The van der Waals surface area contributed by atoms with Gasteiger partial charge in [0.25, 0.3) is 0 Å². The lowest BCUT2D eigenvalue weighted by Gasteiger charge is -2.10. The van der Waals surface area contributed by atoms with E-state index in [4.69, 9.17) is 11.6 Å². The molecule has 0 fully saturated rings. The average molecular weight is 335 g/mol. The SMILES string of the molecule is Clc1cncc(Nc2ccc(Br)c3ccccc23)n1. The molecule has 5 heteroatoms. The van der Waals surface area contributed by atoms with Crippen molar-refractivity contribution in [1.29, 1.82) is 0 Å². The minimum Gasteiger partial charge on any atom is -0.338 e. The molecule has 1 N–H and O–H groups in total. The first-order valence-corrected chi connectivity index (χ1v) is 6.83. The normalized spacial score (nSPS) is 10.6. The standard InChI is InChI=1S/C14H9BrClN3/c15-11-5-6-12(10-4-2-1-3-9(10)11)18-14-8-17-7-13(16)19-14/h1-8H,(H,18,19). The van der Waals surface area contributed by atoms with Crippen LogP contribution in [0.3, 0.4) is 0 Å². The van der Waals surface area contributed by atoms with Crippen LogP contribution in [0.2, 0.25) is 5.15 Å². The van der Waals surface area contributed by atoms with E-state index in [9.17, 15) is 0 Å². The third kappa shape index (κ3) is 2.55. The van der Waals surface area contributed by atoms with E-state index < -0.39 is 0 Å². The van der Waals surface area contributed by atoms with E-state index in [0.29, 0.717) is 11.0 Å². The fraction of sp³-hybridized carbons (Fsp3) is 0. The minimum atomic E-state index is 0.367. The molecular formula is C14H9BrClN3. The maximum absolute atomic E-state index is 5.83. The Morgan fingerprint density at radius 3 is 2.58 bits per heavy atom. The highest BCUT2D eigenvalue weighted by Gasteiger charge is 2.05. The third-order valence-corrected chi connectivity index (χ3v) is 3.61. The number of anilines is 2. The average Bonchev–Trinajstić information content (AvgIpc) is 2.42. The zero-order chi connectivity index (χ0) is 13.2. The summed E-state index contributed by atoms with van der Waals surface area (Å²) in [5.41, 5.74) is 0.968. The van der Waals surface area contributed by atoms with Crippen LogP contribution in [0.25, 0.3) is 10.8 Å². The summed E-state index contributed by atoms with van der Waals surface area (Å²) in [6.45, 7) is 0. The highest BCUT2D eigenvalue weighted by molar-refractivity contribution is 9.10. The second-order valence-corrected chi connectivity index (χ2v) is 5.23. The van der Waals surface area contributed by atoms with E-state index >= 15 is 0 Å². The number of nitrogens with one attached hydrogen (secondary N) is 1. The molecule has 0 aliphatic carbocycles. The van der Waals surface area contributed by atoms with Crippen LogP contribution in [0.5, 0.6) is 0 Å². The van der Waals surface area contributed by atoms with E-state index in [1.165, 1.54) is 6.20 Å². The molecule has 1 heterocycles. The summed E-state index contributed by atoms with van der Waals surface area (Å²) >= 11 is 9.38. The van der Waals surface area contributed by atoms with Gasteiger partial charge in [-0.1, -0.05) is 51.8 Å². The molecule has 94 valence electrons. The Kier molecular flexibility index (Phi) is 3.36. The number of rotatable bonds is 2. The van der Waals surface area contributed by atoms with E-state index in [1.807, 2.05) is 24.3 Å². The zero-order valence-electron chi connectivity index (χ0n) is 9.77. The molecule has 1 aromatic heterocycles. The van der Waals surface area contributed by atoms with Gasteiger partial charge in [-0.15, -0.1) is 0 Å². The topological polar surface area (TPSA) is 37.8 Å². The van der Waals surface area contributed by atoms with Crippen LogP contribution in [0.15, 0.2) is 53.3 Å². The smallest absolute Gasteiger partial charge is 0.150 e. The van der Waals surface area contributed by atoms with Crippen LogP contribution in [0, 0.1) is 0 Å². The lowest BCUT2D eigenvalue weighted by molar-refractivity contribution is 1.20. The number of fused-ring (bicyclic) bond motifs is 1. The van der Waals surface area contributed by atoms with Crippen molar-refractivity contribution >= 4 is 49.8 Å². The number of hydrogen-bond donors (Lipinski definition) is 1. The van der Waals surface area contributed by atoms with Gasteiger partial charge in [0.1, 0.15) is 5.15 Å². The quantitative estimate of drug-likeness (QED) is 0.732. The van der Waals surface area contributed by atoms with Crippen molar-refractivity contribution in [2.24, 2.45) is 0 Å². The Morgan fingerprint density at radius 2 is 1.79 bits per heavy atom. The number of nitrogens with zero attached hydrogens (tertiary/aromatic N) is 2. The first kappa shape index (κ1) is 12.4. The molecule has 0 unspecified atom stereocenters. The predicted molar refractivity (Wildman–Crippen MR) is 82.0 cm³/mol. The Labute approximate surface area is 123 Å². The molecule has 0 radical (unpaired) electrons. The summed E-state index contributed by atoms with van der Waals surface area (Å²) < 4.78 is 1.06. The van der Waals surface area contributed by atoms with Crippen LogP contribution < -0.4 is 5.32 Å². The molecule has 19 heavy (non-hydrogen) atoms. The second-order valence-electron chi connectivity index (χ2n) is 3.99. The van der Waals surface area contributed by atoms with Crippen molar-refractivity contribution in [2.75, 3.05) is 5.32 Å². The van der Waals surface area contributed by atoms with Crippen LogP contribution in [0.1, 0.15) is 0 Å². The zero-order valence-corrected chi connectivity index (χ0v) is 12.1. The van der Waals surface area contributed by atoms with Crippen molar-refractivity contribution in [3.8, 4) is 0 Å². The Morgan fingerprint density at radius 1 is 1.00 bits per heavy atom. The Hall–Kier alpha value is -1.65. The third-order valence-electron chi connectivity index (χ3n) is 2.74. The highest BCUT2D eigenvalue weighted by atomic mass is 79.9. The lowest BCUT2D eigenvalue weighted by Crippen LogP contribution is -1.95. The summed E-state index contributed by atoms with van der Waals surface area (Å²) in [5, 5.41) is 5.85. The lowest BCUT2D eigenvalue weighted by atomic mass is 10.1. The van der Waals surface area contributed by atoms with Crippen molar-refractivity contribution in [1.82, 2.24) is 9.97 Å². The fourth-order valence-electron chi connectivity index (χ4n) is 1.91. The largest absolute Gasteiger partial charge is 0.338 e. The van der Waals surface area contributed by atoms with Gasteiger partial charge in [-0.2, -0.15) is 0 Å². The van der Waals surface area contributed by atoms with E-state index in [1.54, 1.807) is 6.20 Å². The van der Waals surface area contributed by atoms with E-state index in [-0.39, 0.29) is 0 Å². The summed E-state index contributed by atoms with van der Waals surface area (Å²) in [4.78, 5) is 8.19. The molecule has 0 amide bonds. The number of aromatic nitrogens is 2. The van der Waals surface area contributed by atoms with Gasteiger partial charge in [0.2, 0.25) is 0 Å². The van der Waals surface area contributed by atoms with Gasteiger partial charge in [-0.3, -0.25) is 4.98 Å². The van der Waals surface area contributed by atoms with Crippen molar-refractivity contribution in [2.45, 2.75) is 0 Å².